The van der Waals surface area contributed by atoms with Gasteiger partial charge >= 0.3 is 0 Å². The van der Waals surface area contributed by atoms with E-state index >= 15 is 0 Å². The van der Waals surface area contributed by atoms with Crippen molar-refractivity contribution in [2.24, 2.45) is 0 Å². The van der Waals surface area contributed by atoms with Crippen LogP contribution in [0.2, 0.25) is 0 Å². The van der Waals surface area contributed by atoms with Crippen LogP contribution in [0.5, 0.6) is 5.75 Å². The molecule has 4 heteroatoms. The molecule has 1 aromatic carbocycles. The normalized spacial score (nSPS) is 21.5. The van der Waals surface area contributed by atoms with Crippen LogP contribution in [0.3, 0.4) is 0 Å². The quantitative estimate of drug-likeness (QED) is 0.925. The second-order valence-electron chi connectivity index (χ2n) is 6.24. The first kappa shape index (κ1) is 14.6. The van der Waals surface area contributed by atoms with E-state index < -0.39 is 0 Å². The Morgan fingerprint density at radius 3 is 2.81 bits per heavy atom. The van der Waals surface area contributed by atoms with Crippen LogP contribution in [0.4, 0.5) is 10.1 Å². The van der Waals surface area contributed by atoms with Gasteiger partial charge < -0.3 is 15.0 Å². The molecule has 3 rings (SSSR count). The number of halogens is 1. The molecule has 116 valence electrons. The molecule has 2 aliphatic rings. The molecule has 1 N–H and O–H groups in total. The Kier molecular flexibility index (Phi) is 4.34. The van der Waals surface area contributed by atoms with E-state index in [1.54, 1.807) is 12.1 Å². The number of piperazine rings is 1. The Labute approximate surface area is 126 Å². The zero-order valence-electron chi connectivity index (χ0n) is 12.8. The summed E-state index contributed by atoms with van der Waals surface area (Å²) in [5.74, 6) is 0.0920. The van der Waals surface area contributed by atoms with E-state index in [1.807, 2.05) is 13.0 Å². The lowest BCUT2D eigenvalue weighted by atomic mass is 9.80. The fourth-order valence-corrected chi connectivity index (χ4v) is 3.70. The van der Waals surface area contributed by atoms with Crippen molar-refractivity contribution in [1.82, 2.24) is 5.32 Å². The van der Waals surface area contributed by atoms with Crippen LogP contribution in [-0.4, -0.2) is 31.8 Å². The molecule has 1 spiro atoms. The summed E-state index contributed by atoms with van der Waals surface area (Å²) < 4.78 is 19.3. The molecule has 0 unspecified atom stereocenters. The summed E-state index contributed by atoms with van der Waals surface area (Å²) in [4.78, 5) is 2.32. The highest BCUT2D eigenvalue weighted by molar-refractivity contribution is 5.51. The van der Waals surface area contributed by atoms with E-state index in [4.69, 9.17) is 4.74 Å². The van der Waals surface area contributed by atoms with Crippen molar-refractivity contribution in [3.05, 3.63) is 24.0 Å². The first-order valence-corrected chi connectivity index (χ1v) is 8.15. The summed E-state index contributed by atoms with van der Waals surface area (Å²) in [6.45, 7) is 5.27. The summed E-state index contributed by atoms with van der Waals surface area (Å²) in [6, 6.07) is 5.35. The maximum absolute atomic E-state index is 14.1. The van der Waals surface area contributed by atoms with Gasteiger partial charge in [0, 0.05) is 36.9 Å². The summed E-state index contributed by atoms with van der Waals surface area (Å²) in [5.41, 5.74) is 1.22. The third-order valence-electron chi connectivity index (χ3n) is 4.77. The lowest BCUT2D eigenvalue weighted by molar-refractivity contribution is 0.216. The van der Waals surface area contributed by atoms with E-state index in [-0.39, 0.29) is 11.4 Å². The summed E-state index contributed by atoms with van der Waals surface area (Å²) in [6.07, 6.45) is 6.43. The van der Waals surface area contributed by atoms with Crippen LogP contribution in [0.1, 0.15) is 39.0 Å². The van der Waals surface area contributed by atoms with Crippen LogP contribution in [0.25, 0.3) is 0 Å². The Morgan fingerprint density at radius 2 is 2.10 bits per heavy atom. The first-order valence-electron chi connectivity index (χ1n) is 8.15. The van der Waals surface area contributed by atoms with Crippen LogP contribution in [-0.2, 0) is 0 Å². The number of nitrogens with zero attached hydrogens (tertiary/aromatic N) is 1. The van der Waals surface area contributed by atoms with E-state index in [9.17, 15) is 4.39 Å². The smallest absolute Gasteiger partial charge is 0.167 e. The van der Waals surface area contributed by atoms with Crippen LogP contribution in [0, 0.1) is 5.82 Å². The number of rotatable bonds is 3. The highest BCUT2D eigenvalue weighted by atomic mass is 19.1. The minimum absolute atomic E-state index is 0.242. The number of ether oxygens (including phenoxy) is 1. The van der Waals surface area contributed by atoms with Gasteiger partial charge in [0.15, 0.2) is 11.6 Å². The van der Waals surface area contributed by atoms with Gasteiger partial charge in [0.25, 0.3) is 0 Å². The highest BCUT2D eigenvalue weighted by Crippen LogP contribution is 2.33. The number of hydrogen-bond donors (Lipinski definition) is 1. The third kappa shape index (κ3) is 3.15. The molecule has 1 saturated heterocycles. The molecule has 21 heavy (non-hydrogen) atoms. The molecule has 0 atom stereocenters. The largest absolute Gasteiger partial charge is 0.491 e. The molecule has 2 fully saturated rings. The van der Waals surface area contributed by atoms with Gasteiger partial charge in [-0.3, -0.25) is 0 Å². The van der Waals surface area contributed by atoms with Crippen LogP contribution >= 0.6 is 0 Å². The molecule has 0 aromatic heterocycles. The van der Waals surface area contributed by atoms with Gasteiger partial charge in [-0.05, 0) is 31.9 Å². The topological polar surface area (TPSA) is 24.5 Å². The van der Waals surface area contributed by atoms with Gasteiger partial charge in [0.05, 0.1) is 6.61 Å². The Bertz CT molecular complexity index is 480. The van der Waals surface area contributed by atoms with E-state index in [0.29, 0.717) is 12.4 Å². The molecule has 0 bridgehead atoms. The van der Waals surface area contributed by atoms with Gasteiger partial charge in [0.2, 0.25) is 0 Å². The maximum Gasteiger partial charge on any atom is 0.167 e. The van der Waals surface area contributed by atoms with Gasteiger partial charge in [-0.2, -0.15) is 0 Å². The van der Waals surface area contributed by atoms with Gasteiger partial charge in [-0.25, -0.2) is 4.39 Å². The van der Waals surface area contributed by atoms with Crippen molar-refractivity contribution in [2.45, 2.75) is 44.6 Å². The van der Waals surface area contributed by atoms with Crippen molar-refractivity contribution >= 4 is 5.69 Å². The molecular formula is C17H25FN2O. The molecule has 3 nitrogen and oxygen atoms in total. The van der Waals surface area contributed by atoms with Crippen molar-refractivity contribution in [3.8, 4) is 5.75 Å². The number of anilines is 1. The molecule has 1 heterocycles. The molecule has 1 saturated carbocycles. The Hall–Kier alpha value is -1.29. The van der Waals surface area contributed by atoms with Crippen molar-refractivity contribution < 1.29 is 9.13 Å². The SMILES string of the molecule is CCOc1ccc(N2CCNC3(CCCCC3)C2)cc1F. The lowest BCUT2D eigenvalue weighted by Gasteiger charge is -2.47. The van der Waals surface area contributed by atoms with Crippen molar-refractivity contribution in [2.75, 3.05) is 31.1 Å². The number of benzene rings is 1. The van der Waals surface area contributed by atoms with Crippen LogP contribution < -0.4 is 15.0 Å². The summed E-state index contributed by atoms with van der Waals surface area (Å²) in [7, 11) is 0. The lowest BCUT2D eigenvalue weighted by Crippen LogP contribution is -2.61. The number of hydrogen-bond acceptors (Lipinski definition) is 3. The van der Waals surface area contributed by atoms with Gasteiger partial charge in [-0.15, -0.1) is 0 Å². The predicted octanol–water partition coefficient (Wildman–Crippen LogP) is 3.34. The maximum atomic E-state index is 14.1. The fourth-order valence-electron chi connectivity index (χ4n) is 3.70. The van der Waals surface area contributed by atoms with Crippen molar-refractivity contribution in [3.63, 3.8) is 0 Å². The van der Waals surface area contributed by atoms with Crippen molar-refractivity contribution in [1.29, 1.82) is 0 Å². The second-order valence-corrected chi connectivity index (χ2v) is 6.24. The summed E-state index contributed by atoms with van der Waals surface area (Å²) in [5, 5.41) is 3.72. The van der Waals surface area contributed by atoms with E-state index in [2.05, 4.69) is 10.2 Å². The molecule has 1 aromatic rings. The van der Waals surface area contributed by atoms with Gasteiger partial charge in [-0.1, -0.05) is 19.3 Å². The van der Waals surface area contributed by atoms with Crippen LogP contribution in [0.15, 0.2) is 18.2 Å². The predicted molar refractivity (Wildman–Crippen MR) is 83.6 cm³/mol. The van der Waals surface area contributed by atoms with E-state index in [0.717, 1.165) is 25.3 Å². The molecule has 0 amide bonds. The average Bonchev–Trinajstić information content (AvgIpc) is 2.50. The summed E-state index contributed by atoms with van der Waals surface area (Å²) >= 11 is 0. The third-order valence-corrected chi connectivity index (χ3v) is 4.77. The number of nitrogens with one attached hydrogen (secondary N) is 1. The molecule has 1 aliphatic carbocycles. The standard InChI is InChI=1S/C17H25FN2O/c1-2-21-16-7-6-14(12-15(16)18)20-11-10-19-17(13-20)8-4-3-5-9-17/h6-7,12,19H,2-5,8-11,13H2,1H3. The minimum atomic E-state index is -0.259. The van der Waals surface area contributed by atoms with Gasteiger partial charge in [0.1, 0.15) is 0 Å². The fraction of sp³-hybridized carbons (Fsp3) is 0.647. The monoisotopic (exact) mass is 292 g/mol. The average molecular weight is 292 g/mol. The minimum Gasteiger partial charge on any atom is -0.491 e. The van der Waals surface area contributed by atoms with E-state index in [1.165, 1.54) is 32.1 Å². The Balaban J connectivity index is 1.75. The molecule has 1 aliphatic heterocycles. The Morgan fingerprint density at radius 1 is 1.29 bits per heavy atom. The first-order chi connectivity index (χ1) is 10.2. The zero-order valence-corrected chi connectivity index (χ0v) is 12.8. The molecule has 0 radical (unpaired) electrons. The zero-order chi connectivity index (χ0) is 14.7. The highest BCUT2D eigenvalue weighted by Gasteiger charge is 2.36. The second kappa shape index (κ2) is 6.22. The molecular weight excluding hydrogens is 267 g/mol.